The lowest BCUT2D eigenvalue weighted by molar-refractivity contribution is -0.0586. The molecular weight excluding hydrogens is 472 g/mol. The molecule has 1 aliphatic rings. The largest absolute Gasteiger partial charge is 0.372 e. The second-order valence-corrected chi connectivity index (χ2v) is 11.1. The number of carbonyl (C=O) groups is 1. The predicted molar refractivity (Wildman–Crippen MR) is 132 cm³/mol. The summed E-state index contributed by atoms with van der Waals surface area (Å²) in [6, 6.07) is 14.3. The summed E-state index contributed by atoms with van der Waals surface area (Å²) in [6.45, 7) is 4.92. The average Bonchev–Trinajstić information content (AvgIpc) is 3.44. The van der Waals surface area contributed by atoms with Gasteiger partial charge >= 0.3 is 0 Å². The number of aromatic nitrogens is 2. The van der Waals surface area contributed by atoms with Crippen LogP contribution in [0.1, 0.15) is 23.6 Å². The van der Waals surface area contributed by atoms with E-state index in [-0.39, 0.29) is 23.0 Å². The first kappa shape index (κ1) is 22.7. The summed E-state index contributed by atoms with van der Waals surface area (Å²) in [7, 11) is -3.80. The van der Waals surface area contributed by atoms with Crippen LogP contribution in [0.4, 0.5) is 0 Å². The molecule has 2 atom stereocenters. The molecule has 2 unspecified atom stereocenters. The first-order valence-corrected chi connectivity index (χ1v) is 13.2. The number of hydrogen-bond donors (Lipinski definition) is 2. The Morgan fingerprint density at radius 1 is 1.09 bits per heavy atom. The minimum atomic E-state index is -3.80. The molecule has 0 aliphatic carbocycles. The van der Waals surface area contributed by atoms with Gasteiger partial charge < -0.3 is 14.6 Å². The molecule has 0 spiro atoms. The van der Waals surface area contributed by atoms with Gasteiger partial charge in [-0.1, -0.05) is 18.2 Å². The molecule has 1 saturated heterocycles. The third-order valence-electron chi connectivity index (χ3n) is 5.79. The van der Waals surface area contributed by atoms with Crippen LogP contribution in [0.3, 0.4) is 0 Å². The van der Waals surface area contributed by atoms with Gasteiger partial charge in [0.25, 0.3) is 5.91 Å². The SMILES string of the molecule is CC1CN(C(=O)c2nc(-c3ccc4[nH]ccc4c3)c(-c3ccc(S(N)(=O)=O)cc3)s2)CC(C)O1. The van der Waals surface area contributed by atoms with Crippen molar-refractivity contribution >= 4 is 38.2 Å². The fourth-order valence-corrected chi connectivity index (χ4v) is 5.85. The molecule has 2 aromatic carbocycles. The monoisotopic (exact) mass is 496 g/mol. The van der Waals surface area contributed by atoms with Crippen LogP contribution in [0.25, 0.3) is 32.6 Å². The molecule has 1 amide bonds. The van der Waals surface area contributed by atoms with E-state index in [0.29, 0.717) is 23.8 Å². The number of carbonyl (C=O) groups excluding carboxylic acids is 1. The fourth-order valence-electron chi connectivity index (χ4n) is 4.28. The molecule has 1 aliphatic heterocycles. The highest BCUT2D eigenvalue weighted by Gasteiger charge is 2.29. The summed E-state index contributed by atoms with van der Waals surface area (Å²) in [6.07, 6.45) is 1.78. The normalized spacial score (nSPS) is 19.0. The number of morpholine rings is 1. The number of fused-ring (bicyclic) bond motifs is 1. The summed E-state index contributed by atoms with van der Waals surface area (Å²) < 4.78 is 29.2. The second kappa shape index (κ2) is 8.62. The van der Waals surface area contributed by atoms with Gasteiger partial charge in [-0.25, -0.2) is 18.5 Å². The fraction of sp³-hybridized carbons (Fsp3) is 0.250. The van der Waals surface area contributed by atoms with Crippen LogP contribution < -0.4 is 5.14 Å². The molecule has 10 heteroatoms. The molecule has 5 rings (SSSR count). The van der Waals surface area contributed by atoms with Gasteiger partial charge in [0.2, 0.25) is 10.0 Å². The molecule has 34 heavy (non-hydrogen) atoms. The Morgan fingerprint density at radius 2 is 1.76 bits per heavy atom. The van der Waals surface area contributed by atoms with E-state index in [1.54, 1.807) is 17.0 Å². The number of aromatic amines is 1. The van der Waals surface area contributed by atoms with Crippen molar-refractivity contribution in [1.29, 1.82) is 0 Å². The van der Waals surface area contributed by atoms with Crippen molar-refractivity contribution in [1.82, 2.24) is 14.9 Å². The molecule has 3 heterocycles. The van der Waals surface area contributed by atoms with E-state index < -0.39 is 10.0 Å². The molecule has 1 fully saturated rings. The van der Waals surface area contributed by atoms with E-state index in [1.807, 2.05) is 44.3 Å². The third kappa shape index (κ3) is 4.37. The van der Waals surface area contributed by atoms with Gasteiger partial charge in [0, 0.05) is 35.8 Å². The standard InChI is InChI=1S/C24H24N4O4S2/c1-14-12-28(13-15(2)32-14)24(29)23-27-21(18-5-8-20-17(11-18)9-10-26-20)22(33-23)16-3-6-19(7-4-16)34(25,30)31/h3-11,14-15,26H,12-13H2,1-2H3,(H2,25,30,31). The number of nitrogens with zero attached hydrogens (tertiary/aromatic N) is 2. The van der Waals surface area contributed by atoms with Gasteiger partial charge in [-0.3, -0.25) is 4.79 Å². The highest BCUT2D eigenvalue weighted by Crippen LogP contribution is 2.38. The number of hydrogen-bond acceptors (Lipinski definition) is 6. The first-order chi connectivity index (χ1) is 16.2. The van der Waals surface area contributed by atoms with Crippen molar-refractivity contribution in [2.24, 2.45) is 5.14 Å². The lowest BCUT2D eigenvalue weighted by atomic mass is 10.1. The number of H-pyrrole nitrogens is 1. The number of benzene rings is 2. The summed E-state index contributed by atoms with van der Waals surface area (Å²) in [5.41, 5.74) is 3.31. The van der Waals surface area contributed by atoms with E-state index in [0.717, 1.165) is 26.9 Å². The topological polar surface area (TPSA) is 118 Å². The number of thiazole rings is 1. The molecule has 8 nitrogen and oxygen atoms in total. The van der Waals surface area contributed by atoms with Gasteiger partial charge in [-0.2, -0.15) is 0 Å². The van der Waals surface area contributed by atoms with Crippen LogP contribution in [-0.4, -0.2) is 54.5 Å². The summed E-state index contributed by atoms with van der Waals surface area (Å²) >= 11 is 1.30. The van der Waals surface area contributed by atoms with E-state index in [1.165, 1.54) is 23.5 Å². The summed E-state index contributed by atoms with van der Waals surface area (Å²) in [5.74, 6) is -0.136. The quantitative estimate of drug-likeness (QED) is 0.445. The summed E-state index contributed by atoms with van der Waals surface area (Å²) in [4.78, 5) is 24.0. The lowest BCUT2D eigenvalue weighted by Gasteiger charge is -2.34. The molecule has 3 N–H and O–H groups in total. The van der Waals surface area contributed by atoms with Gasteiger partial charge in [0.1, 0.15) is 0 Å². The van der Waals surface area contributed by atoms with Crippen LogP contribution >= 0.6 is 11.3 Å². The highest BCUT2D eigenvalue weighted by atomic mass is 32.2. The number of primary sulfonamides is 1. The minimum absolute atomic E-state index is 0.0312. The second-order valence-electron chi connectivity index (χ2n) is 8.51. The van der Waals surface area contributed by atoms with Crippen LogP contribution in [0.15, 0.2) is 59.6 Å². The Morgan fingerprint density at radius 3 is 2.44 bits per heavy atom. The summed E-state index contributed by atoms with van der Waals surface area (Å²) in [5, 5.41) is 6.67. The lowest BCUT2D eigenvalue weighted by Crippen LogP contribution is -2.48. The van der Waals surface area contributed by atoms with Crippen LogP contribution in [0, 0.1) is 0 Å². The van der Waals surface area contributed by atoms with E-state index in [2.05, 4.69) is 4.98 Å². The van der Waals surface area contributed by atoms with Crippen molar-refractivity contribution in [3.05, 3.63) is 59.7 Å². The van der Waals surface area contributed by atoms with Gasteiger partial charge in [-0.05, 0) is 49.7 Å². The third-order valence-corrected chi connectivity index (χ3v) is 7.81. The molecule has 0 saturated carbocycles. The Bertz CT molecular complexity index is 1460. The maximum absolute atomic E-state index is 13.4. The average molecular weight is 497 g/mol. The van der Waals surface area contributed by atoms with Gasteiger partial charge in [-0.15, -0.1) is 11.3 Å². The van der Waals surface area contributed by atoms with Gasteiger partial charge in [0.05, 0.1) is 27.7 Å². The molecule has 0 radical (unpaired) electrons. The Balaban J connectivity index is 1.60. The zero-order valence-electron chi connectivity index (χ0n) is 18.7. The van der Waals surface area contributed by atoms with Crippen molar-refractivity contribution in [3.63, 3.8) is 0 Å². The molecule has 0 bridgehead atoms. The highest BCUT2D eigenvalue weighted by molar-refractivity contribution is 7.89. The minimum Gasteiger partial charge on any atom is -0.372 e. The van der Waals surface area contributed by atoms with E-state index >= 15 is 0 Å². The Hall–Kier alpha value is -3.05. The van der Waals surface area contributed by atoms with E-state index in [9.17, 15) is 13.2 Å². The number of ether oxygens (including phenoxy) is 1. The number of sulfonamides is 1. The number of rotatable bonds is 4. The van der Waals surface area contributed by atoms with E-state index in [4.69, 9.17) is 14.9 Å². The molecule has 4 aromatic rings. The van der Waals surface area contributed by atoms with Crippen molar-refractivity contribution < 1.29 is 17.9 Å². The van der Waals surface area contributed by atoms with Crippen LogP contribution in [-0.2, 0) is 14.8 Å². The smallest absolute Gasteiger partial charge is 0.283 e. The maximum atomic E-state index is 13.4. The van der Waals surface area contributed by atoms with Crippen LogP contribution in [0.2, 0.25) is 0 Å². The van der Waals surface area contributed by atoms with Crippen LogP contribution in [0.5, 0.6) is 0 Å². The Kier molecular flexibility index (Phi) is 5.76. The number of nitrogens with two attached hydrogens (primary N) is 1. The molecule has 176 valence electrons. The zero-order chi connectivity index (χ0) is 24.0. The predicted octanol–water partition coefficient (Wildman–Crippen LogP) is 3.86. The van der Waals surface area contributed by atoms with Crippen molar-refractivity contribution in [2.45, 2.75) is 31.0 Å². The van der Waals surface area contributed by atoms with Crippen molar-refractivity contribution in [3.8, 4) is 21.7 Å². The number of nitrogens with one attached hydrogen (secondary N) is 1. The maximum Gasteiger partial charge on any atom is 0.283 e. The molecular formula is C24H24N4O4S2. The first-order valence-electron chi connectivity index (χ1n) is 10.9. The van der Waals surface area contributed by atoms with Gasteiger partial charge in [0.15, 0.2) is 5.01 Å². The zero-order valence-corrected chi connectivity index (χ0v) is 20.3. The van der Waals surface area contributed by atoms with Crippen molar-refractivity contribution in [2.75, 3.05) is 13.1 Å². The molecule has 2 aromatic heterocycles. The number of amides is 1. The Labute approximate surface area is 201 Å².